The maximum atomic E-state index is 11.2. The minimum absolute atomic E-state index is 0.256. The van der Waals surface area contributed by atoms with Gasteiger partial charge >= 0.3 is 0 Å². The van der Waals surface area contributed by atoms with Crippen molar-refractivity contribution in [2.45, 2.75) is 20.3 Å². The van der Waals surface area contributed by atoms with Crippen molar-refractivity contribution in [2.24, 2.45) is 0 Å². The van der Waals surface area contributed by atoms with Crippen molar-refractivity contribution in [3.63, 3.8) is 0 Å². The van der Waals surface area contributed by atoms with Crippen LogP contribution in [0.4, 0.5) is 5.69 Å². The third-order valence-electron chi connectivity index (χ3n) is 1.88. The number of amides is 1. The van der Waals surface area contributed by atoms with Gasteiger partial charge in [0.1, 0.15) is 0 Å². The minimum atomic E-state index is -0.256. The van der Waals surface area contributed by atoms with E-state index in [1.165, 1.54) is 0 Å². The highest BCUT2D eigenvalue weighted by Gasteiger charge is 2.01. The Bertz CT molecular complexity index is 385. The van der Waals surface area contributed by atoms with E-state index in [4.69, 9.17) is 0 Å². The van der Waals surface area contributed by atoms with Gasteiger partial charge in [-0.05, 0) is 30.9 Å². The molecule has 1 aromatic carbocycles. The number of aryl methyl sites for hydroxylation is 1. The van der Waals surface area contributed by atoms with E-state index in [9.17, 15) is 4.79 Å². The van der Waals surface area contributed by atoms with Crippen LogP contribution in [0.25, 0.3) is 0 Å². The predicted octanol–water partition coefficient (Wildman–Crippen LogP) is 2.21. The SMILES string of the molecule is CC#CC(=O)Nc1ccccc1CC. The van der Waals surface area contributed by atoms with Crippen molar-refractivity contribution in [2.75, 3.05) is 5.32 Å². The van der Waals surface area contributed by atoms with Gasteiger partial charge in [-0.25, -0.2) is 0 Å². The van der Waals surface area contributed by atoms with Gasteiger partial charge in [0, 0.05) is 5.69 Å². The molecule has 0 fully saturated rings. The smallest absolute Gasteiger partial charge is 0.300 e. The maximum absolute atomic E-state index is 11.2. The summed E-state index contributed by atoms with van der Waals surface area (Å²) in [4.78, 5) is 11.2. The standard InChI is InChI=1S/C12H13NO/c1-3-7-12(14)13-11-9-6-5-8-10(11)4-2/h5-6,8-9H,4H2,1-2H3,(H,13,14). The van der Waals surface area contributed by atoms with Gasteiger partial charge in [-0.15, -0.1) is 0 Å². The van der Waals surface area contributed by atoms with Gasteiger partial charge in [-0.1, -0.05) is 31.0 Å². The fraction of sp³-hybridized carbons (Fsp3) is 0.250. The summed E-state index contributed by atoms with van der Waals surface area (Å²) in [5.41, 5.74) is 1.97. The third-order valence-corrected chi connectivity index (χ3v) is 1.88. The predicted molar refractivity (Wildman–Crippen MR) is 57.9 cm³/mol. The molecular weight excluding hydrogens is 174 g/mol. The minimum Gasteiger partial charge on any atom is -0.315 e. The third kappa shape index (κ3) is 2.63. The van der Waals surface area contributed by atoms with Gasteiger partial charge in [0.05, 0.1) is 0 Å². The molecule has 0 radical (unpaired) electrons. The summed E-state index contributed by atoms with van der Waals surface area (Å²) in [7, 11) is 0. The lowest BCUT2D eigenvalue weighted by Crippen LogP contribution is -2.09. The molecule has 72 valence electrons. The Balaban J connectivity index is 2.83. The van der Waals surface area contributed by atoms with E-state index in [-0.39, 0.29) is 5.91 Å². The molecule has 0 aliphatic carbocycles. The lowest BCUT2D eigenvalue weighted by atomic mass is 10.1. The van der Waals surface area contributed by atoms with Crippen molar-refractivity contribution >= 4 is 11.6 Å². The summed E-state index contributed by atoms with van der Waals surface area (Å²) in [5, 5.41) is 2.75. The zero-order chi connectivity index (χ0) is 10.4. The zero-order valence-electron chi connectivity index (χ0n) is 8.42. The van der Waals surface area contributed by atoms with E-state index in [2.05, 4.69) is 24.1 Å². The molecule has 0 spiro atoms. The molecule has 2 heteroatoms. The highest BCUT2D eigenvalue weighted by Crippen LogP contribution is 2.14. The summed E-state index contributed by atoms with van der Waals surface area (Å²) < 4.78 is 0. The van der Waals surface area contributed by atoms with Crippen molar-refractivity contribution in [3.05, 3.63) is 29.8 Å². The highest BCUT2D eigenvalue weighted by molar-refractivity contribution is 6.04. The molecule has 2 nitrogen and oxygen atoms in total. The molecule has 0 heterocycles. The number of benzene rings is 1. The number of carbonyl (C=O) groups is 1. The second-order valence-electron chi connectivity index (χ2n) is 2.84. The highest BCUT2D eigenvalue weighted by atomic mass is 16.1. The van der Waals surface area contributed by atoms with Gasteiger partial charge in [0.25, 0.3) is 5.91 Å². The lowest BCUT2D eigenvalue weighted by Gasteiger charge is -2.06. The molecule has 1 rings (SSSR count). The average Bonchev–Trinajstić information content (AvgIpc) is 2.19. The molecule has 0 aliphatic rings. The fourth-order valence-electron chi connectivity index (χ4n) is 1.22. The van der Waals surface area contributed by atoms with Crippen LogP contribution in [0.15, 0.2) is 24.3 Å². The lowest BCUT2D eigenvalue weighted by molar-refractivity contribution is -0.111. The Morgan fingerprint density at radius 2 is 2.14 bits per heavy atom. The molecule has 0 aliphatic heterocycles. The quantitative estimate of drug-likeness (QED) is 0.707. The van der Waals surface area contributed by atoms with Gasteiger partial charge in [0.2, 0.25) is 0 Å². The second kappa shape index (κ2) is 5.08. The first-order valence-electron chi connectivity index (χ1n) is 4.59. The Morgan fingerprint density at radius 3 is 2.79 bits per heavy atom. The number of rotatable bonds is 2. The molecule has 0 bridgehead atoms. The van der Waals surface area contributed by atoms with E-state index < -0.39 is 0 Å². The first-order chi connectivity index (χ1) is 6.77. The number of nitrogens with one attached hydrogen (secondary N) is 1. The second-order valence-corrected chi connectivity index (χ2v) is 2.84. The van der Waals surface area contributed by atoms with Gasteiger partial charge in [-0.3, -0.25) is 4.79 Å². The number of hydrogen-bond donors (Lipinski definition) is 1. The van der Waals surface area contributed by atoms with E-state index >= 15 is 0 Å². The maximum Gasteiger partial charge on any atom is 0.300 e. The molecule has 1 aromatic rings. The molecule has 0 saturated heterocycles. The molecule has 0 aromatic heterocycles. The Hall–Kier alpha value is -1.75. The van der Waals surface area contributed by atoms with Crippen molar-refractivity contribution in [1.29, 1.82) is 0 Å². The van der Waals surface area contributed by atoms with Crippen LogP contribution < -0.4 is 5.32 Å². The van der Waals surface area contributed by atoms with Crippen LogP contribution in [-0.2, 0) is 11.2 Å². The van der Waals surface area contributed by atoms with Crippen LogP contribution >= 0.6 is 0 Å². The van der Waals surface area contributed by atoms with Crippen LogP contribution in [0.1, 0.15) is 19.4 Å². The van der Waals surface area contributed by atoms with E-state index in [0.717, 1.165) is 17.7 Å². The number of anilines is 1. The summed E-state index contributed by atoms with van der Waals surface area (Å²) in [6.45, 7) is 3.70. The van der Waals surface area contributed by atoms with Crippen LogP contribution in [-0.4, -0.2) is 5.91 Å². The Labute approximate surface area is 84.3 Å². The Morgan fingerprint density at radius 1 is 1.43 bits per heavy atom. The van der Waals surface area contributed by atoms with Crippen molar-refractivity contribution in [3.8, 4) is 11.8 Å². The number of para-hydroxylation sites is 1. The van der Waals surface area contributed by atoms with Gasteiger partial charge < -0.3 is 5.32 Å². The molecule has 0 unspecified atom stereocenters. The van der Waals surface area contributed by atoms with Crippen LogP contribution in [0, 0.1) is 11.8 Å². The number of hydrogen-bond acceptors (Lipinski definition) is 1. The van der Waals surface area contributed by atoms with Crippen LogP contribution in [0.5, 0.6) is 0 Å². The summed E-state index contributed by atoms with van der Waals surface area (Å²) in [6.07, 6.45) is 0.899. The van der Waals surface area contributed by atoms with Gasteiger partial charge in [-0.2, -0.15) is 0 Å². The molecule has 1 N–H and O–H groups in total. The molecule has 14 heavy (non-hydrogen) atoms. The topological polar surface area (TPSA) is 29.1 Å². The van der Waals surface area contributed by atoms with Crippen molar-refractivity contribution < 1.29 is 4.79 Å². The molecule has 0 saturated carbocycles. The molecular formula is C12H13NO. The Kier molecular flexibility index (Phi) is 3.75. The summed E-state index contributed by atoms with van der Waals surface area (Å²) in [6, 6.07) is 7.73. The molecule has 0 atom stereocenters. The van der Waals surface area contributed by atoms with E-state index in [1.807, 2.05) is 24.3 Å². The van der Waals surface area contributed by atoms with Crippen LogP contribution in [0.2, 0.25) is 0 Å². The zero-order valence-corrected chi connectivity index (χ0v) is 8.42. The normalized spacial score (nSPS) is 8.71. The van der Waals surface area contributed by atoms with Crippen molar-refractivity contribution in [1.82, 2.24) is 0 Å². The first-order valence-corrected chi connectivity index (χ1v) is 4.59. The first kappa shape index (κ1) is 10.3. The van der Waals surface area contributed by atoms with Crippen LogP contribution in [0.3, 0.4) is 0 Å². The largest absolute Gasteiger partial charge is 0.315 e. The summed E-state index contributed by atoms with van der Waals surface area (Å²) >= 11 is 0. The summed E-state index contributed by atoms with van der Waals surface area (Å²) in [5.74, 6) is 4.75. The fourth-order valence-corrected chi connectivity index (χ4v) is 1.22. The average molecular weight is 187 g/mol. The monoisotopic (exact) mass is 187 g/mol. The van der Waals surface area contributed by atoms with E-state index in [0.29, 0.717) is 0 Å². The number of carbonyl (C=O) groups excluding carboxylic acids is 1. The molecule has 1 amide bonds. The van der Waals surface area contributed by atoms with E-state index in [1.54, 1.807) is 6.92 Å². The van der Waals surface area contributed by atoms with Gasteiger partial charge in [0.15, 0.2) is 0 Å².